The monoisotopic (exact) mass is 617 g/mol. The van der Waals surface area contributed by atoms with E-state index in [0.717, 1.165) is 28.6 Å². The molecule has 3 saturated carbocycles. The van der Waals surface area contributed by atoms with E-state index >= 15 is 4.39 Å². The van der Waals surface area contributed by atoms with Gasteiger partial charge in [-0.1, -0.05) is 29.3 Å². The molecule has 41 heavy (non-hydrogen) atoms. The number of Topliss-reactive ketones (excluding diaryl/α,β-unsaturated/α-hetero) is 1. The van der Waals surface area contributed by atoms with Gasteiger partial charge < -0.3 is 10.0 Å². The van der Waals surface area contributed by atoms with Gasteiger partial charge >= 0.3 is 12.1 Å². The van der Waals surface area contributed by atoms with E-state index in [9.17, 15) is 32.7 Å². The van der Waals surface area contributed by atoms with Crippen LogP contribution in [0, 0.1) is 10.8 Å². The Kier molecular flexibility index (Phi) is 7.46. The summed E-state index contributed by atoms with van der Waals surface area (Å²) < 4.78 is 59.8. The molecule has 0 bridgehead atoms. The Morgan fingerprint density at radius 1 is 1.10 bits per heavy atom. The maximum absolute atomic E-state index is 15.7. The number of ketones is 1. The molecule has 0 atom stereocenters. The molecule has 0 aliphatic heterocycles. The van der Waals surface area contributed by atoms with Crippen LogP contribution in [0.2, 0.25) is 10.0 Å². The largest absolute Gasteiger partial charge is 0.481 e. The van der Waals surface area contributed by atoms with Crippen molar-refractivity contribution in [2.45, 2.75) is 76.2 Å². The van der Waals surface area contributed by atoms with Gasteiger partial charge in [0.1, 0.15) is 5.67 Å². The van der Waals surface area contributed by atoms with Gasteiger partial charge in [0.05, 0.1) is 51.9 Å². The Morgan fingerprint density at radius 2 is 1.68 bits per heavy atom. The molecule has 0 saturated heterocycles. The van der Waals surface area contributed by atoms with E-state index in [4.69, 9.17) is 23.2 Å². The molecule has 1 heterocycles. The fourth-order valence-electron chi connectivity index (χ4n) is 6.44. The first-order valence-electron chi connectivity index (χ1n) is 13.4. The number of aliphatic carboxylic acids is 1. The fourth-order valence-corrected chi connectivity index (χ4v) is 7.05. The molecule has 5 rings (SSSR count). The number of hydrogen-bond donors (Lipinski definition) is 1. The van der Waals surface area contributed by atoms with E-state index in [2.05, 4.69) is 5.10 Å². The van der Waals surface area contributed by atoms with Crippen LogP contribution < -0.4 is 0 Å². The number of carbonyl (C=O) groups is 3. The van der Waals surface area contributed by atoms with Crippen molar-refractivity contribution in [1.82, 2.24) is 14.7 Å². The van der Waals surface area contributed by atoms with Gasteiger partial charge in [-0.15, -0.1) is 0 Å². The zero-order valence-electron chi connectivity index (χ0n) is 22.2. The van der Waals surface area contributed by atoms with Gasteiger partial charge in [0, 0.05) is 0 Å². The molecule has 1 N–H and O–H groups in total. The molecule has 13 heteroatoms. The van der Waals surface area contributed by atoms with E-state index < -0.39 is 65.3 Å². The Balaban J connectivity index is 1.46. The molecule has 1 aromatic carbocycles. The van der Waals surface area contributed by atoms with Crippen molar-refractivity contribution in [2.24, 2.45) is 10.8 Å². The first kappa shape index (κ1) is 29.8. The van der Waals surface area contributed by atoms with Gasteiger partial charge in [0.15, 0.2) is 11.5 Å². The minimum atomic E-state index is -5.00. The van der Waals surface area contributed by atoms with Gasteiger partial charge in [-0.2, -0.15) is 18.3 Å². The highest BCUT2D eigenvalue weighted by molar-refractivity contribution is 6.40. The third-order valence-corrected chi connectivity index (χ3v) is 9.52. The van der Waals surface area contributed by atoms with Crippen LogP contribution in [0.1, 0.15) is 90.7 Å². The average Bonchev–Trinajstić information content (AvgIpc) is 3.48. The number of halogens is 6. The van der Waals surface area contributed by atoms with Gasteiger partial charge in [0.2, 0.25) is 0 Å². The number of amides is 1. The maximum Gasteiger partial charge on any atom is 0.433 e. The van der Waals surface area contributed by atoms with Crippen molar-refractivity contribution in [1.29, 1.82) is 0 Å². The lowest BCUT2D eigenvalue weighted by molar-refractivity contribution is -0.152. The van der Waals surface area contributed by atoms with Crippen molar-refractivity contribution in [2.75, 3.05) is 13.1 Å². The lowest BCUT2D eigenvalue weighted by Gasteiger charge is -2.44. The highest BCUT2D eigenvalue weighted by Gasteiger charge is 2.62. The molecule has 2 aromatic rings. The van der Waals surface area contributed by atoms with Gasteiger partial charge in [-0.3, -0.25) is 19.1 Å². The number of aromatic nitrogens is 2. The minimum absolute atomic E-state index is 0.0000947. The second kappa shape index (κ2) is 10.3. The Bertz CT molecular complexity index is 1370. The van der Waals surface area contributed by atoms with Crippen LogP contribution in [0.3, 0.4) is 0 Å². The summed E-state index contributed by atoms with van der Waals surface area (Å²) >= 11 is 12.3. The zero-order chi connectivity index (χ0) is 30.0. The molecular weight excluding hydrogens is 589 g/mol. The average molecular weight is 618 g/mol. The van der Waals surface area contributed by atoms with Gasteiger partial charge in [0.25, 0.3) is 5.91 Å². The summed E-state index contributed by atoms with van der Waals surface area (Å²) in [5.74, 6) is -2.94. The summed E-state index contributed by atoms with van der Waals surface area (Å²) in [5, 5.41) is 13.4. The van der Waals surface area contributed by atoms with Gasteiger partial charge in [-0.05, 0) is 75.8 Å². The molecule has 3 aliphatic rings. The highest BCUT2D eigenvalue weighted by Crippen LogP contribution is 2.66. The molecular formula is C28H29Cl2F4N3O4. The van der Waals surface area contributed by atoms with Crippen molar-refractivity contribution < 1.29 is 37.1 Å². The standard InChI is InChI=1S/C28H29Cl2F4N3O4/c1-25(24(40)41)7-5-16(6-8-25)37-22(28(32,33)34)17(11-35-37)23(39)36(15-27(31)13-26(14-27)9-10-26)12-20(38)21-18(29)3-2-4-19(21)30/h2-4,11,16H,5-10,12-15H2,1H3,(H,40,41). The predicted octanol–water partition coefficient (Wildman–Crippen LogP) is 7.02. The highest BCUT2D eigenvalue weighted by atomic mass is 35.5. The van der Waals surface area contributed by atoms with Crippen LogP contribution in [0.15, 0.2) is 24.4 Å². The second-order valence-electron chi connectivity index (χ2n) is 12.1. The summed E-state index contributed by atoms with van der Waals surface area (Å²) in [6, 6.07) is 3.56. The maximum atomic E-state index is 15.7. The predicted molar refractivity (Wildman–Crippen MR) is 142 cm³/mol. The first-order chi connectivity index (χ1) is 19.1. The summed E-state index contributed by atoms with van der Waals surface area (Å²) in [4.78, 5) is 39.4. The summed E-state index contributed by atoms with van der Waals surface area (Å²) in [6.45, 7) is 0.252. The van der Waals surface area contributed by atoms with E-state index in [0.29, 0.717) is 0 Å². The number of rotatable bonds is 8. The molecule has 1 amide bonds. The Morgan fingerprint density at radius 3 is 2.20 bits per heavy atom. The molecule has 0 radical (unpaired) electrons. The van der Waals surface area contributed by atoms with E-state index in [1.54, 1.807) is 6.92 Å². The Labute approximate surface area is 243 Å². The molecule has 222 valence electrons. The third kappa shape index (κ3) is 5.71. The van der Waals surface area contributed by atoms with Crippen LogP contribution in [-0.2, 0) is 11.0 Å². The minimum Gasteiger partial charge on any atom is -0.481 e. The van der Waals surface area contributed by atoms with Crippen LogP contribution in [0.5, 0.6) is 0 Å². The number of benzene rings is 1. The number of hydrogen-bond acceptors (Lipinski definition) is 4. The van der Waals surface area contributed by atoms with Crippen molar-refractivity contribution in [3.63, 3.8) is 0 Å². The quantitative estimate of drug-likeness (QED) is 0.254. The zero-order valence-corrected chi connectivity index (χ0v) is 23.8. The topological polar surface area (TPSA) is 92.5 Å². The summed E-state index contributed by atoms with van der Waals surface area (Å²) in [7, 11) is 0. The molecule has 1 aromatic heterocycles. The van der Waals surface area contributed by atoms with E-state index in [-0.39, 0.29) is 59.5 Å². The van der Waals surface area contributed by atoms with E-state index in [1.807, 2.05) is 0 Å². The SMILES string of the molecule is CC1(C(=O)O)CCC(n2ncc(C(=O)N(CC(=O)c3c(Cl)cccc3Cl)CC3(F)CC4(CC4)C3)c2C(F)(F)F)CC1. The van der Waals surface area contributed by atoms with Crippen LogP contribution in [0.4, 0.5) is 17.6 Å². The lowest BCUT2D eigenvalue weighted by Crippen LogP contribution is -2.52. The van der Waals surface area contributed by atoms with Crippen LogP contribution >= 0.6 is 23.2 Å². The molecule has 3 aliphatic carbocycles. The number of alkyl halides is 4. The molecule has 7 nitrogen and oxygen atoms in total. The molecule has 0 unspecified atom stereocenters. The molecule has 1 spiro atoms. The number of carbonyl (C=O) groups excluding carboxylic acids is 2. The van der Waals surface area contributed by atoms with Crippen molar-refractivity contribution in [3.05, 3.63) is 51.3 Å². The van der Waals surface area contributed by atoms with Crippen LogP contribution in [0.25, 0.3) is 0 Å². The number of nitrogens with zero attached hydrogens (tertiary/aromatic N) is 3. The summed E-state index contributed by atoms with van der Waals surface area (Å²) in [6.07, 6.45) is -1.65. The lowest BCUT2D eigenvalue weighted by atomic mass is 9.69. The summed E-state index contributed by atoms with van der Waals surface area (Å²) in [5.41, 5.74) is -5.23. The third-order valence-electron chi connectivity index (χ3n) is 8.89. The number of carboxylic acids is 1. The normalized spacial score (nSPS) is 24.5. The van der Waals surface area contributed by atoms with Crippen molar-refractivity contribution in [3.8, 4) is 0 Å². The van der Waals surface area contributed by atoms with E-state index in [1.165, 1.54) is 18.2 Å². The smallest absolute Gasteiger partial charge is 0.433 e. The second-order valence-corrected chi connectivity index (χ2v) is 12.9. The Hall–Kier alpha value is -2.66. The van der Waals surface area contributed by atoms with Crippen molar-refractivity contribution >= 4 is 40.9 Å². The van der Waals surface area contributed by atoms with Gasteiger partial charge in [-0.25, -0.2) is 4.39 Å². The fraction of sp³-hybridized carbons (Fsp3) is 0.571. The number of carboxylic acid groups (broad SMARTS) is 1. The first-order valence-corrected chi connectivity index (χ1v) is 14.2. The van der Waals surface area contributed by atoms with Crippen LogP contribution in [-0.4, -0.2) is 56.2 Å². The molecule has 3 fully saturated rings.